The molecule has 1 unspecified atom stereocenters. The molecule has 0 amide bonds. The van der Waals surface area contributed by atoms with E-state index in [9.17, 15) is 5.26 Å². The predicted octanol–water partition coefficient (Wildman–Crippen LogP) is 2.76. The number of nitriles is 1. The Labute approximate surface area is 112 Å². The normalized spacial score (nSPS) is 11.7. The number of aryl methyl sites for hydroxylation is 2. The topological polar surface area (TPSA) is 58.8 Å². The molecular formula is C15H15N3O. The number of benzene rings is 1. The number of hydrogen-bond donors (Lipinski definition) is 0. The van der Waals surface area contributed by atoms with Crippen LogP contribution in [0.15, 0.2) is 30.7 Å². The minimum atomic E-state index is -0.468. The van der Waals surface area contributed by atoms with Gasteiger partial charge in [-0.25, -0.2) is 0 Å². The number of ether oxygens (including phenoxy) is 1. The zero-order valence-electron chi connectivity index (χ0n) is 11.2. The van der Waals surface area contributed by atoms with E-state index in [-0.39, 0.29) is 0 Å². The summed E-state index contributed by atoms with van der Waals surface area (Å²) in [6.45, 7) is 3.98. The second-order valence-electron chi connectivity index (χ2n) is 4.39. The molecule has 1 heterocycles. The largest absolute Gasteiger partial charge is 0.496 e. The maximum Gasteiger partial charge on any atom is 0.124 e. The van der Waals surface area contributed by atoms with Crippen molar-refractivity contribution in [3.8, 4) is 11.8 Å². The van der Waals surface area contributed by atoms with Crippen LogP contribution in [-0.4, -0.2) is 17.1 Å². The number of aromatic nitrogens is 2. The van der Waals surface area contributed by atoms with Crippen LogP contribution in [-0.2, 0) is 0 Å². The third-order valence-corrected chi connectivity index (χ3v) is 3.01. The summed E-state index contributed by atoms with van der Waals surface area (Å²) in [5, 5.41) is 9.47. The first-order valence-corrected chi connectivity index (χ1v) is 5.98. The Hall–Kier alpha value is -2.41. The minimum absolute atomic E-state index is 0.468. The Morgan fingerprint density at radius 3 is 2.63 bits per heavy atom. The maximum absolute atomic E-state index is 9.47. The quantitative estimate of drug-likeness (QED) is 0.844. The number of methoxy groups -OCH3 is 1. The van der Waals surface area contributed by atoms with Gasteiger partial charge in [0.05, 0.1) is 25.1 Å². The van der Waals surface area contributed by atoms with Gasteiger partial charge >= 0.3 is 0 Å². The molecule has 0 radical (unpaired) electrons. The maximum atomic E-state index is 9.47. The van der Waals surface area contributed by atoms with E-state index < -0.39 is 5.92 Å². The molecule has 2 rings (SSSR count). The van der Waals surface area contributed by atoms with E-state index in [0.717, 1.165) is 22.4 Å². The van der Waals surface area contributed by atoms with Gasteiger partial charge < -0.3 is 4.74 Å². The number of nitrogens with zero attached hydrogens (tertiary/aromatic N) is 3. The van der Waals surface area contributed by atoms with Crippen molar-refractivity contribution in [3.05, 3.63) is 53.1 Å². The fourth-order valence-corrected chi connectivity index (χ4v) is 2.22. The van der Waals surface area contributed by atoms with Crippen molar-refractivity contribution in [2.24, 2.45) is 0 Å². The van der Waals surface area contributed by atoms with Crippen molar-refractivity contribution in [1.82, 2.24) is 9.97 Å². The number of hydrogen-bond acceptors (Lipinski definition) is 4. The molecule has 2 aromatic rings. The summed E-state index contributed by atoms with van der Waals surface area (Å²) in [4.78, 5) is 8.25. The van der Waals surface area contributed by atoms with Crippen LogP contribution in [0.2, 0.25) is 0 Å². The van der Waals surface area contributed by atoms with E-state index in [0.29, 0.717) is 5.69 Å². The first kappa shape index (κ1) is 13.0. The van der Waals surface area contributed by atoms with Crippen LogP contribution in [0.1, 0.15) is 28.3 Å². The van der Waals surface area contributed by atoms with Crippen molar-refractivity contribution in [1.29, 1.82) is 5.26 Å². The van der Waals surface area contributed by atoms with Crippen LogP contribution in [0.5, 0.6) is 5.75 Å². The van der Waals surface area contributed by atoms with Gasteiger partial charge in [-0.1, -0.05) is 6.07 Å². The van der Waals surface area contributed by atoms with Crippen molar-refractivity contribution in [2.45, 2.75) is 19.8 Å². The zero-order chi connectivity index (χ0) is 13.8. The molecule has 0 spiro atoms. The van der Waals surface area contributed by atoms with Crippen LogP contribution in [0.25, 0.3) is 0 Å². The van der Waals surface area contributed by atoms with Gasteiger partial charge in [0.25, 0.3) is 0 Å². The summed E-state index contributed by atoms with van der Waals surface area (Å²) >= 11 is 0. The molecule has 1 atom stereocenters. The summed E-state index contributed by atoms with van der Waals surface area (Å²) in [6.07, 6.45) is 4.81. The molecule has 0 saturated carbocycles. The molecule has 0 saturated heterocycles. The van der Waals surface area contributed by atoms with Crippen LogP contribution in [0, 0.1) is 25.2 Å². The molecule has 0 aliphatic carbocycles. The van der Waals surface area contributed by atoms with Gasteiger partial charge in [-0.2, -0.15) is 5.26 Å². The van der Waals surface area contributed by atoms with Gasteiger partial charge in [-0.3, -0.25) is 9.97 Å². The van der Waals surface area contributed by atoms with Gasteiger partial charge in [-0.05, 0) is 31.0 Å². The van der Waals surface area contributed by atoms with E-state index in [4.69, 9.17) is 4.74 Å². The second-order valence-corrected chi connectivity index (χ2v) is 4.39. The minimum Gasteiger partial charge on any atom is -0.496 e. The second kappa shape index (κ2) is 5.49. The Bertz CT molecular complexity index is 617. The lowest BCUT2D eigenvalue weighted by Gasteiger charge is -2.16. The standard InChI is InChI=1S/C15H15N3O/c1-10-6-11(2)15(14(7-10)19-3)12(8-16)13-9-17-4-5-18-13/h4-7,9,12H,1-3H3. The number of rotatable bonds is 3. The highest BCUT2D eigenvalue weighted by molar-refractivity contribution is 5.50. The lowest BCUT2D eigenvalue weighted by molar-refractivity contribution is 0.408. The van der Waals surface area contributed by atoms with Crippen molar-refractivity contribution >= 4 is 0 Å². The Morgan fingerprint density at radius 2 is 2.05 bits per heavy atom. The Balaban J connectivity index is 2.60. The van der Waals surface area contributed by atoms with Gasteiger partial charge in [-0.15, -0.1) is 0 Å². The highest BCUT2D eigenvalue weighted by Gasteiger charge is 2.21. The first-order chi connectivity index (χ1) is 9.17. The van der Waals surface area contributed by atoms with Gasteiger partial charge in [0, 0.05) is 18.0 Å². The van der Waals surface area contributed by atoms with E-state index in [1.807, 2.05) is 26.0 Å². The van der Waals surface area contributed by atoms with E-state index in [1.54, 1.807) is 25.7 Å². The summed E-state index contributed by atoms with van der Waals surface area (Å²) < 4.78 is 5.41. The van der Waals surface area contributed by atoms with Crippen LogP contribution in [0.3, 0.4) is 0 Å². The molecule has 1 aromatic carbocycles. The van der Waals surface area contributed by atoms with Crippen molar-refractivity contribution < 1.29 is 4.74 Å². The van der Waals surface area contributed by atoms with Gasteiger partial charge in [0.15, 0.2) is 0 Å². The molecule has 4 heteroatoms. The summed E-state index contributed by atoms with van der Waals surface area (Å²) in [7, 11) is 1.61. The predicted molar refractivity (Wildman–Crippen MR) is 72.0 cm³/mol. The molecule has 4 nitrogen and oxygen atoms in total. The highest BCUT2D eigenvalue weighted by Crippen LogP contribution is 2.34. The van der Waals surface area contributed by atoms with Crippen LogP contribution >= 0.6 is 0 Å². The van der Waals surface area contributed by atoms with Crippen molar-refractivity contribution in [2.75, 3.05) is 7.11 Å². The highest BCUT2D eigenvalue weighted by atomic mass is 16.5. The van der Waals surface area contributed by atoms with E-state index >= 15 is 0 Å². The molecule has 0 bridgehead atoms. The zero-order valence-corrected chi connectivity index (χ0v) is 11.2. The van der Waals surface area contributed by atoms with Gasteiger partial charge in [0.2, 0.25) is 0 Å². The average molecular weight is 253 g/mol. The Morgan fingerprint density at radius 1 is 1.26 bits per heavy atom. The molecule has 0 aliphatic heterocycles. The fourth-order valence-electron chi connectivity index (χ4n) is 2.22. The SMILES string of the molecule is COc1cc(C)cc(C)c1C(C#N)c1cnccn1. The lowest BCUT2D eigenvalue weighted by Crippen LogP contribution is -2.06. The summed E-state index contributed by atoms with van der Waals surface area (Å²) in [5.41, 5.74) is 3.62. The third kappa shape index (κ3) is 2.55. The lowest BCUT2D eigenvalue weighted by atomic mass is 9.91. The molecule has 0 fully saturated rings. The van der Waals surface area contributed by atoms with E-state index in [2.05, 4.69) is 16.0 Å². The monoisotopic (exact) mass is 253 g/mol. The molecule has 1 aromatic heterocycles. The van der Waals surface area contributed by atoms with Crippen LogP contribution < -0.4 is 4.74 Å². The molecule has 0 N–H and O–H groups in total. The fraction of sp³-hybridized carbons (Fsp3) is 0.267. The van der Waals surface area contributed by atoms with Crippen LogP contribution in [0.4, 0.5) is 0 Å². The smallest absolute Gasteiger partial charge is 0.124 e. The Kier molecular flexibility index (Phi) is 3.76. The van der Waals surface area contributed by atoms with Crippen molar-refractivity contribution in [3.63, 3.8) is 0 Å². The first-order valence-electron chi connectivity index (χ1n) is 5.98. The third-order valence-electron chi connectivity index (χ3n) is 3.01. The molecular weight excluding hydrogens is 238 g/mol. The molecule has 0 aliphatic rings. The molecule has 96 valence electrons. The average Bonchev–Trinajstić information content (AvgIpc) is 2.42. The molecule has 19 heavy (non-hydrogen) atoms. The summed E-state index contributed by atoms with van der Waals surface area (Å²) in [5.74, 6) is 0.249. The summed E-state index contributed by atoms with van der Waals surface area (Å²) in [6, 6.07) is 6.26. The van der Waals surface area contributed by atoms with E-state index in [1.165, 1.54) is 0 Å². The van der Waals surface area contributed by atoms with Gasteiger partial charge in [0.1, 0.15) is 11.7 Å².